The van der Waals surface area contributed by atoms with Gasteiger partial charge in [0.15, 0.2) is 0 Å². The van der Waals surface area contributed by atoms with Crippen LogP contribution in [0.3, 0.4) is 0 Å². The van der Waals surface area contributed by atoms with E-state index >= 15 is 0 Å². The predicted molar refractivity (Wildman–Crippen MR) is 77.5 cm³/mol. The van der Waals surface area contributed by atoms with Crippen molar-refractivity contribution in [3.63, 3.8) is 0 Å². The monoisotopic (exact) mass is 270 g/mol. The van der Waals surface area contributed by atoms with E-state index in [-0.39, 0.29) is 0 Å². The minimum Gasteiger partial charge on any atom is -0.381 e. The van der Waals surface area contributed by atoms with Crippen LogP contribution in [-0.4, -0.2) is 64.1 Å². The highest BCUT2D eigenvalue weighted by atomic mass is 16.5. The topological polar surface area (TPSA) is 33.7 Å². The molecule has 0 aromatic carbocycles. The Balaban J connectivity index is 1.84. The van der Waals surface area contributed by atoms with Crippen LogP contribution in [0.15, 0.2) is 0 Å². The van der Waals surface area contributed by atoms with Crippen LogP contribution >= 0.6 is 0 Å². The van der Waals surface area contributed by atoms with E-state index in [0.717, 1.165) is 46.1 Å². The van der Waals surface area contributed by atoms with Crippen LogP contribution in [0.2, 0.25) is 0 Å². The normalized spacial score (nSPS) is 29.2. The van der Waals surface area contributed by atoms with Crippen molar-refractivity contribution in [2.24, 2.45) is 5.41 Å². The zero-order chi connectivity index (χ0) is 13.6. The van der Waals surface area contributed by atoms with Crippen molar-refractivity contribution in [3.8, 4) is 0 Å². The van der Waals surface area contributed by atoms with Crippen LogP contribution in [0.5, 0.6) is 0 Å². The first kappa shape index (κ1) is 15.2. The number of nitrogens with one attached hydrogen (secondary N) is 1. The maximum absolute atomic E-state index is 5.69. The highest BCUT2D eigenvalue weighted by Gasteiger charge is 2.37. The standard InChI is InChI=1S/C15H30N2O2/c1-3-7-16-11-15(6-10-19-13-15)12-17(2)14-4-8-18-9-5-14/h14,16H,3-13H2,1-2H3. The summed E-state index contributed by atoms with van der Waals surface area (Å²) in [6.07, 6.45) is 4.75. The predicted octanol–water partition coefficient (Wildman–Crippen LogP) is 1.50. The van der Waals surface area contributed by atoms with E-state index in [1.807, 2.05) is 0 Å². The van der Waals surface area contributed by atoms with Crippen LogP contribution in [0.4, 0.5) is 0 Å². The summed E-state index contributed by atoms with van der Waals surface area (Å²) < 4.78 is 11.1. The molecule has 1 N–H and O–H groups in total. The molecule has 1 unspecified atom stereocenters. The molecule has 2 aliphatic heterocycles. The van der Waals surface area contributed by atoms with Crippen LogP contribution in [-0.2, 0) is 9.47 Å². The molecule has 1 atom stereocenters. The molecule has 0 aliphatic carbocycles. The first-order chi connectivity index (χ1) is 9.26. The molecular formula is C15H30N2O2. The van der Waals surface area contributed by atoms with Gasteiger partial charge in [0.1, 0.15) is 0 Å². The third-order valence-electron chi connectivity index (χ3n) is 4.51. The summed E-state index contributed by atoms with van der Waals surface area (Å²) in [7, 11) is 2.27. The molecule has 0 aromatic heterocycles. The molecule has 4 heteroatoms. The van der Waals surface area contributed by atoms with Gasteiger partial charge < -0.3 is 19.7 Å². The Hall–Kier alpha value is -0.160. The molecule has 0 bridgehead atoms. The van der Waals surface area contributed by atoms with Gasteiger partial charge >= 0.3 is 0 Å². The van der Waals surface area contributed by atoms with Gasteiger partial charge in [-0.3, -0.25) is 0 Å². The number of hydrogen-bond acceptors (Lipinski definition) is 4. The summed E-state index contributed by atoms with van der Waals surface area (Å²) in [5.41, 5.74) is 0.322. The third kappa shape index (κ3) is 4.42. The fourth-order valence-electron chi connectivity index (χ4n) is 3.28. The van der Waals surface area contributed by atoms with Gasteiger partial charge in [0.05, 0.1) is 6.61 Å². The van der Waals surface area contributed by atoms with Gasteiger partial charge in [-0.2, -0.15) is 0 Å². The van der Waals surface area contributed by atoms with Crippen molar-refractivity contribution >= 4 is 0 Å². The van der Waals surface area contributed by atoms with Gasteiger partial charge in [0, 0.05) is 44.4 Å². The number of hydrogen-bond donors (Lipinski definition) is 1. The summed E-state index contributed by atoms with van der Waals surface area (Å²) >= 11 is 0. The molecule has 2 rings (SSSR count). The van der Waals surface area contributed by atoms with Gasteiger partial charge in [-0.1, -0.05) is 6.92 Å². The van der Waals surface area contributed by atoms with Gasteiger partial charge in [0.25, 0.3) is 0 Å². The number of nitrogens with zero attached hydrogens (tertiary/aromatic N) is 1. The Morgan fingerprint density at radius 2 is 2.00 bits per heavy atom. The summed E-state index contributed by atoms with van der Waals surface area (Å²) in [6.45, 7) is 9.26. The molecule has 4 nitrogen and oxygen atoms in total. The average Bonchev–Trinajstić information content (AvgIpc) is 2.89. The summed E-state index contributed by atoms with van der Waals surface area (Å²) in [5.74, 6) is 0. The van der Waals surface area contributed by atoms with E-state index < -0.39 is 0 Å². The summed E-state index contributed by atoms with van der Waals surface area (Å²) in [6, 6.07) is 0.692. The average molecular weight is 270 g/mol. The molecule has 2 aliphatic rings. The lowest BCUT2D eigenvalue weighted by atomic mass is 9.85. The maximum Gasteiger partial charge on any atom is 0.0547 e. The first-order valence-electron chi connectivity index (χ1n) is 7.82. The van der Waals surface area contributed by atoms with Crippen LogP contribution in [0, 0.1) is 5.41 Å². The SMILES string of the molecule is CCCNCC1(CN(C)C2CCOCC2)CCOC1. The Morgan fingerprint density at radius 3 is 2.63 bits per heavy atom. The van der Waals surface area contributed by atoms with Crippen LogP contribution < -0.4 is 5.32 Å². The van der Waals surface area contributed by atoms with Gasteiger partial charge in [0.2, 0.25) is 0 Å². The molecular weight excluding hydrogens is 240 g/mol. The van der Waals surface area contributed by atoms with Crippen LogP contribution in [0.25, 0.3) is 0 Å². The fraction of sp³-hybridized carbons (Fsp3) is 1.00. The smallest absolute Gasteiger partial charge is 0.0547 e. The van der Waals surface area contributed by atoms with Crippen molar-refractivity contribution in [3.05, 3.63) is 0 Å². The Kier molecular flexibility index (Phi) is 6.07. The fourth-order valence-corrected chi connectivity index (χ4v) is 3.28. The van der Waals surface area contributed by atoms with Crippen molar-refractivity contribution < 1.29 is 9.47 Å². The Morgan fingerprint density at radius 1 is 1.21 bits per heavy atom. The quantitative estimate of drug-likeness (QED) is 0.711. The van der Waals surface area contributed by atoms with Gasteiger partial charge in [-0.05, 0) is 39.3 Å². The van der Waals surface area contributed by atoms with Crippen LogP contribution in [0.1, 0.15) is 32.6 Å². The number of rotatable bonds is 7. The zero-order valence-corrected chi connectivity index (χ0v) is 12.6. The molecule has 0 spiro atoms. The molecule has 2 heterocycles. The Bertz CT molecular complexity index is 249. The van der Waals surface area contributed by atoms with E-state index in [9.17, 15) is 0 Å². The molecule has 2 fully saturated rings. The highest BCUT2D eigenvalue weighted by molar-refractivity contribution is 4.89. The lowest BCUT2D eigenvalue weighted by Crippen LogP contribution is -2.48. The van der Waals surface area contributed by atoms with E-state index in [1.54, 1.807) is 0 Å². The zero-order valence-electron chi connectivity index (χ0n) is 12.6. The molecule has 0 saturated carbocycles. The largest absolute Gasteiger partial charge is 0.381 e. The second kappa shape index (κ2) is 7.58. The summed E-state index contributed by atoms with van der Waals surface area (Å²) in [4.78, 5) is 2.55. The molecule has 19 heavy (non-hydrogen) atoms. The second-order valence-electron chi connectivity index (χ2n) is 6.24. The first-order valence-corrected chi connectivity index (χ1v) is 7.82. The third-order valence-corrected chi connectivity index (χ3v) is 4.51. The summed E-state index contributed by atoms with van der Waals surface area (Å²) in [5, 5.41) is 3.59. The minimum absolute atomic E-state index is 0.322. The van der Waals surface area contributed by atoms with Crippen molar-refractivity contribution in [1.29, 1.82) is 0 Å². The van der Waals surface area contributed by atoms with Crippen molar-refractivity contribution in [2.45, 2.75) is 38.6 Å². The molecule has 2 saturated heterocycles. The van der Waals surface area contributed by atoms with E-state index in [0.29, 0.717) is 11.5 Å². The van der Waals surface area contributed by atoms with Crippen molar-refractivity contribution in [2.75, 3.05) is 53.1 Å². The van der Waals surface area contributed by atoms with E-state index in [1.165, 1.54) is 25.7 Å². The Labute approximate surface area is 117 Å². The lowest BCUT2D eigenvalue weighted by molar-refractivity contribution is 0.0245. The maximum atomic E-state index is 5.69. The molecule has 112 valence electrons. The second-order valence-corrected chi connectivity index (χ2v) is 6.24. The van der Waals surface area contributed by atoms with Gasteiger partial charge in [-0.25, -0.2) is 0 Å². The molecule has 0 amide bonds. The molecule has 0 aromatic rings. The van der Waals surface area contributed by atoms with Crippen molar-refractivity contribution in [1.82, 2.24) is 10.2 Å². The number of ether oxygens (including phenoxy) is 2. The van der Waals surface area contributed by atoms with Gasteiger partial charge in [-0.15, -0.1) is 0 Å². The van der Waals surface area contributed by atoms with E-state index in [2.05, 4.69) is 24.2 Å². The highest BCUT2D eigenvalue weighted by Crippen LogP contribution is 2.30. The van der Waals surface area contributed by atoms with E-state index in [4.69, 9.17) is 9.47 Å². The minimum atomic E-state index is 0.322. The lowest BCUT2D eigenvalue weighted by Gasteiger charge is -2.38. The molecule has 0 radical (unpaired) electrons.